The first kappa shape index (κ1) is 20.1. The first-order valence-corrected chi connectivity index (χ1v) is 9.31. The van der Waals surface area contributed by atoms with Crippen molar-refractivity contribution in [3.8, 4) is 17.2 Å². The van der Waals surface area contributed by atoms with E-state index in [9.17, 15) is 9.59 Å². The maximum Gasteiger partial charge on any atom is 0.343 e. The van der Waals surface area contributed by atoms with Crippen LogP contribution in [0.1, 0.15) is 40.3 Å². The van der Waals surface area contributed by atoms with Crippen molar-refractivity contribution in [2.24, 2.45) is 0 Å². The fourth-order valence-corrected chi connectivity index (χ4v) is 2.79. The number of carbonyl (C=O) groups is 2. The molecule has 0 aliphatic carbocycles. The predicted molar refractivity (Wildman–Crippen MR) is 107 cm³/mol. The molecule has 0 atom stereocenters. The lowest BCUT2D eigenvalue weighted by Gasteiger charge is -2.10. The number of esters is 2. The lowest BCUT2D eigenvalue weighted by Crippen LogP contribution is -2.10. The smallest absolute Gasteiger partial charge is 0.343 e. The Hall–Kier alpha value is -3.61. The molecule has 0 radical (unpaired) electrons. The van der Waals surface area contributed by atoms with E-state index in [-0.39, 0.29) is 0 Å². The summed E-state index contributed by atoms with van der Waals surface area (Å²) in [7, 11) is 0. The van der Waals surface area contributed by atoms with Gasteiger partial charge in [0.2, 0.25) is 0 Å². The van der Waals surface area contributed by atoms with Gasteiger partial charge in [-0.15, -0.1) is 0 Å². The maximum atomic E-state index is 12.5. The largest absolute Gasteiger partial charge is 0.490 e. The van der Waals surface area contributed by atoms with Crippen molar-refractivity contribution >= 4 is 11.9 Å². The Balaban J connectivity index is 1.77. The zero-order chi connectivity index (χ0) is 20.8. The molecule has 7 heteroatoms. The van der Waals surface area contributed by atoms with Crippen LogP contribution < -0.4 is 9.47 Å². The summed E-state index contributed by atoms with van der Waals surface area (Å²) in [6.45, 7) is 6.17. The van der Waals surface area contributed by atoms with Gasteiger partial charge in [-0.05, 0) is 57.2 Å². The molecule has 0 spiro atoms. The summed E-state index contributed by atoms with van der Waals surface area (Å²) in [5.74, 6) is -0.0263. The van der Waals surface area contributed by atoms with Gasteiger partial charge in [0.15, 0.2) is 11.5 Å². The Bertz CT molecular complexity index is 1010. The summed E-state index contributed by atoms with van der Waals surface area (Å²) < 4.78 is 17.6. The summed E-state index contributed by atoms with van der Waals surface area (Å²) in [4.78, 5) is 24.4. The zero-order valence-electron chi connectivity index (χ0n) is 16.5. The Kier molecular flexibility index (Phi) is 6.29. The van der Waals surface area contributed by atoms with Gasteiger partial charge in [0.25, 0.3) is 0 Å². The number of aromatic nitrogens is 2. The number of ether oxygens (including phenoxy) is 3. The lowest BCUT2D eigenvalue weighted by atomic mass is 10.2. The Morgan fingerprint density at radius 2 is 1.62 bits per heavy atom. The topological polar surface area (TPSA) is 79.7 Å². The van der Waals surface area contributed by atoms with Gasteiger partial charge >= 0.3 is 11.9 Å². The van der Waals surface area contributed by atoms with E-state index >= 15 is 0 Å². The van der Waals surface area contributed by atoms with Crippen LogP contribution in [0.5, 0.6) is 11.5 Å². The van der Waals surface area contributed by atoms with Gasteiger partial charge in [0.05, 0.1) is 36.4 Å². The van der Waals surface area contributed by atoms with Crippen molar-refractivity contribution in [3.63, 3.8) is 0 Å². The molecule has 0 fully saturated rings. The van der Waals surface area contributed by atoms with Crippen molar-refractivity contribution in [2.75, 3.05) is 13.2 Å². The molecule has 1 aromatic heterocycles. The van der Waals surface area contributed by atoms with E-state index in [4.69, 9.17) is 14.2 Å². The highest BCUT2D eigenvalue weighted by Crippen LogP contribution is 2.27. The molecule has 0 unspecified atom stereocenters. The molecule has 3 rings (SSSR count). The predicted octanol–water partition coefficient (Wildman–Crippen LogP) is 3.98. The van der Waals surface area contributed by atoms with Gasteiger partial charge in [-0.2, -0.15) is 5.10 Å². The van der Waals surface area contributed by atoms with Crippen LogP contribution in [-0.4, -0.2) is 34.9 Å². The molecule has 0 aliphatic rings. The van der Waals surface area contributed by atoms with Gasteiger partial charge in [-0.1, -0.05) is 12.1 Å². The minimum Gasteiger partial charge on any atom is -0.490 e. The van der Waals surface area contributed by atoms with E-state index in [0.29, 0.717) is 47.2 Å². The molecule has 0 amide bonds. The molecule has 0 aliphatic heterocycles. The quantitative estimate of drug-likeness (QED) is 0.446. The Labute approximate surface area is 168 Å². The second-order valence-corrected chi connectivity index (χ2v) is 6.09. The summed E-state index contributed by atoms with van der Waals surface area (Å²) >= 11 is 0. The van der Waals surface area contributed by atoms with Gasteiger partial charge < -0.3 is 14.2 Å². The fraction of sp³-hybridized carbons (Fsp3) is 0.227. The highest BCUT2D eigenvalue weighted by atomic mass is 16.6. The number of nitrogens with zero attached hydrogens (tertiary/aromatic N) is 2. The number of carbonyl (C=O) groups excluding carboxylic acids is 2. The molecule has 2 aromatic carbocycles. The maximum absolute atomic E-state index is 12.5. The standard InChI is InChI=1S/C22H22N2O5/c1-4-27-19-8-6-7-9-20(19)29-21(25)16-10-12-17(13-11-16)24-15(3)18(14-23-24)22(26)28-5-2/h6-14H,4-5H2,1-3H3. The molecule has 0 N–H and O–H groups in total. The van der Waals surface area contributed by atoms with Crippen molar-refractivity contribution in [3.05, 3.63) is 71.5 Å². The van der Waals surface area contributed by atoms with Crippen LogP contribution in [0, 0.1) is 6.92 Å². The molecular weight excluding hydrogens is 372 g/mol. The van der Waals surface area contributed by atoms with Gasteiger partial charge in [0, 0.05) is 0 Å². The molecule has 7 nitrogen and oxygen atoms in total. The average molecular weight is 394 g/mol. The van der Waals surface area contributed by atoms with Crippen LogP contribution in [0.25, 0.3) is 5.69 Å². The Morgan fingerprint density at radius 1 is 0.931 bits per heavy atom. The molecule has 1 heterocycles. The average Bonchev–Trinajstić information content (AvgIpc) is 3.11. The Morgan fingerprint density at radius 3 is 2.28 bits per heavy atom. The van der Waals surface area contributed by atoms with E-state index in [2.05, 4.69) is 5.10 Å². The second kappa shape index (κ2) is 9.05. The summed E-state index contributed by atoms with van der Waals surface area (Å²) in [5, 5.41) is 4.25. The lowest BCUT2D eigenvalue weighted by molar-refractivity contribution is 0.0525. The van der Waals surface area contributed by atoms with Crippen molar-refractivity contribution in [1.29, 1.82) is 0 Å². The number of benzene rings is 2. The van der Waals surface area contributed by atoms with Crippen LogP contribution in [-0.2, 0) is 4.74 Å². The van der Waals surface area contributed by atoms with Crippen LogP contribution in [0.15, 0.2) is 54.7 Å². The third-order valence-electron chi connectivity index (χ3n) is 4.20. The van der Waals surface area contributed by atoms with E-state index in [0.717, 1.165) is 0 Å². The summed E-state index contributed by atoms with van der Waals surface area (Å²) in [5.41, 5.74) is 2.16. The molecule has 29 heavy (non-hydrogen) atoms. The normalized spacial score (nSPS) is 10.4. The first-order chi connectivity index (χ1) is 14.0. The number of hydrogen-bond donors (Lipinski definition) is 0. The van der Waals surface area contributed by atoms with Crippen LogP contribution >= 0.6 is 0 Å². The number of rotatable bonds is 7. The fourth-order valence-electron chi connectivity index (χ4n) is 2.79. The minimum atomic E-state index is -0.492. The van der Waals surface area contributed by atoms with Crippen LogP contribution in [0.2, 0.25) is 0 Å². The van der Waals surface area contributed by atoms with E-state index in [1.54, 1.807) is 61.0 Å². The highest BCUT2D eigenvalue weighted by Gasteiger charge is 2.17. The second-order valence-electron chi connectivity index (χ2n) is 6.09. The molecule has 0 saturated carbocycles. The molecule has 0 bridgehead atoms. The monoisotopic (exact) mass is 394 g/mol. The van der Waals surface area contributed by atoms with Crippen molar-refractivity contribution in [2.45, 2.75) is 20.8 Å². The van der Waals surface area contributed by atoms with E-state index in [1.807, 2.05) is 13.0 Å². The van der Waals surface area contributed by atoms with E-state index in [1.165, 1.54) is 6.20 Å². The third kappa shape index (κ3) is 4.45. The molecule has 150 valence electrons. The number of para-hydroxylation sites is 2. The minimum absolute atomic E-state index is 0.298. The highest BCUT2D eigenvalue weighted by molar-refractivity contribution is 5.92. The first-order valence-electron chi connectivity index (χ1n) is 9.31. The van der Waals surface area contributed by atoms with Crippen molar-refractivity contribution in [1.82, 2.24) is 9.78 Å². The number of hydrogen-bond acceptors (Lipinski definition) is 6. The SMILES string of the molecule is CCOC(=O)c1cnn(-c2ccc(C(=O)Oc3ccccc3OCC)cc2)c1C. The van der Waals surface area contributed by atoms with Gasteiger partial charge in [0.1, 0.15) is 5.56 Å². The summed E-state index contributed by atoms with van der Waals surface area (Å²) in [6, 6.07) is 13.8. The summed E-state index contributed by atoms with van der Waals surface area (Å²) in [6.07, 6.45) is 1.47. The van der Waals surface area contributed by atoms with Crippen molar-refractivity contribution < 1.29 is 23.8 Å². The van der Waals surface area contributed by atoms with Gasteiger partial charge in [-0.25, -0.2) is 14.3 Å². The van der Waals surface area contributed by atoms with E-state index < -0.39 is 11.9 Å². The molecule has 0 saturated heterocycles. The zero-order valence-corrected chi connectivity index (χ0v) is 16.5. The van der Waals surface area contributed by atoms with Gasteiger partial charge in [-0.3, -0.25) is 0 Å². The molecule has 3 aromatic rings. The van der Waals surface area contributed by atoms with Crippen LogP contribution in [0.3, 0.4) is 0 Å². The third-order valence-corrected chi connectivity index (χ3v) is 4.20. The van der Waals surface area contributed by atoms with Crippen LogP contribution in [0.4, 0.5) is 0 Å². The molecular formula is C22H22N2O5.